The SMILES string of the molecule is C#C[C@@H](CC(=O)OCC)c1ccc(O)cc1. The largest absolute Gasteiger partial charge is 0.508 e. The molecular weight excluding hydrogens is 204 g/mol. The maximum absolute atomic E-state index is 11.3. The summed E-state index contributed by atoms with van der Waals surface area (Å²) in [5.74, 6) is 2.11. The zero-order valence-corrected chi connectivity index (χ0v) is 9.14. The number of phenols is 1. The Morgan fingerprint density at radius 1 is 1.50 bits per heavy atom. The van der Waals surface area contributed by atoms with Crippen LogP contribution in [0.1, 0.15) is 24.8 Å². The molecule has 0 amide bonds. The number of ether oxygens (including phenoxy) is 1. The molecule has 1 aromatic rings. The topological polar surface area (TPSA) is 46.5 Å². The lowest BCUT2D eigenvalue weighted by atomic mass is 9.97. The smallest absolute Gasteiger partial charge is 0.307 e. The van der Waals surface area contributed by atoms with E-state index in [2.05, 4.69) is 5.92 Å². The minimum absolute atomic E-state index is 0.162. The van der Waals surface area contributed by atoms with E-state index in [9.17, 15) is 4.79 Å². The molecule has 0 aliphatic rings. The van der Waals surface area contributed by atoms with Gasteiger partial charge < -0.3 is 9.84 Å². The van der Waals surface area contributed by atoms with Crippen LogP contribution >= 0.6 is 0 Å². The summed E-state index contributed by atoms with van der Waals surface area (Å²) in [5.41, 5.74) is 0.827. The first kappa shape index (κ1) is 12.1. The first-order valence-corrected chi connectivity index (χ1v) is 5.08. The normalized spacial score (nSPS) is 11.5. The van der Waals surface area contributed by atoms with Gasteiger partial charge in [-0.3, -0.25) is 4.79 Å². The number of aromatic hydroxyl groups is 1. The fraction of sp³-hybridized carbons (Fsp3) is 0.308. The van der Waals surface area contributed by atoms with Crippen LogP contribution in [0.15, 0.2) is 24.3 Å². The molecule has 0 saturated heterocycles. The van der Waals surface area contributed by atoms with Crippen LogP contribution in [0.2, 0.25) is 0 Å². The number of carbonyl (C=O) groups excluding carboxylic acids is 1. The summed E-state index contributed by atoms with van der Waals surface area (Å²) in [7, 11) is 0. The van der Waals surface area contributed by atoms with Crippen molar-refractivity contribution in [2.75, 3.05) is 6.61 Å². The fourth-order valence-corrected chi connectivity index (χ4v) is 1.37. The van der Waals surface area contributed by atoms with E-state index in [0.29, 0.717) is 6.61 Å². The Labute approximate surface area is 95.1 Å². The van der Waals surface area contributed by atoms with Crippen molar-refractivity contribution in [3.05, 3.63) is 29.8 Å². The zero-order chi connectivity index (χ0) is 12.0. The maximum atomic E-state index is 11.3. The van der Waals surface area contributed by atoms with Crippen LogP contribution in [-0.4, -0.2) is 17.7 Å². The predicted octanol–water partition coefficient (Wildman–Crippen LogP) is 2.06. The Balaban J connectivity index is 2.72. The minimum Gasteiger partial charge on any atom is -0.508 e. The highest BCUT2D eigenvalue weighted by molar-refractivity contribution is 5.71. The molecule has 0 radical (unpaired) electrons. The van der Waals surface area contributed by atoms with Crippen LogP contribution < -0.4 is 0 Å². The lowest BCUT2D eigenvalue weighted by Crippen LogP contribution is -2.09. The number of phenolic OH excluding ortho intramolecular Hbond substituents is 1. The second-order valence-electron chi connectivity index (χ2n) is 3.32. The van der Waals surface area contributed by atoms with Crippen molar-refractivity contribution in [1.82, 2.24) is 0 Å². The van der Waals surface area contributed by atoms with Gasteiger partial charge in [0.2, 0.25) is 0 Å². The molecule has 1 N–H and O–H groups in total. The number of hydrogen-bond acceptors (Lipinski definition) is 3. The monoisotopic (exact) mass is 218 g/mol. The molecule has 1 aromatic carbocycles. The van der Waals surface area contributed by atoms with E-state index in [4.69, 9.17) is 16.3 Å². The third-order valence-electron chi connectivity index (χ3n) is 2.17. The van der Waals surface area contributed by atoms with Gasteiger partial charge in [-0.2, -0.15) is 0 Å². The number of carbonyl (C=O) groups is 1. The third kappa shape index (κ3) is 3.32. The highest BCUT2D eigenvalue weighted by Crippen LogP contribution is 2.21. The summed E-state index contributed by atoms with van der Waals surface area (Å²) < 4.78 is 4.84. The molecular formula is C13H14O3. The Morgan fingerprint density at radius 3 is 2.62 bits per heavy atom. The Hall–Kier alpha value is -1.95. The fourth-order valence-electron chi connectivity index (χ4n) is 1.37. The Morgan fingerprint density at radius 2 is 2.12 bits per heavy atom. The summed E-state index contributed by atoms with van der Waals surface area (Å²) >= 11 is 0. The van der Waals surface area contributed by atoms with Crippen molar-refractivity contribution < 1.29 is 14.6 Å². The Bertz CT molecular complexity index is 387. The molecule has 0 aliphatic carbocycles. The van der Waals surface area contributed by atoms with Crippen molar-refractivity contribution in [2.24, 2.45) is 0 Å². The summed E-state index contributed by atoms with van der Waals surface area (Å²) in [4.78, 5) is 11.3. The van der Waals surface area contributed by atoms with Crippen LogP contribution in [0.5, 0.6) is 5.75 Å². The second kappa shape index (κ2) is 5.82. The number of esters is 1. The van der Waals surface area contributed by atoms with Gasteiger partial charge in [0.05, 0.1) is 18.9 Å². The van der Waals surface area contributed by atoms with Gasteiger partial charge in [0.1, 0.15) is 5.75 Å². The van der Waals surface area contributed by atoms with Crippen LogP contribution in [0.4, 0.5) is 0 Å². The van der Waals surface area contributed by atoms with Gasteiger partial charge in [0, 0.05) is 0 Å². The predicted molar refractivity (Wildman–Crippen MR) is 60.9 cm³/mol. The van der Waals surface area contributed by atoms with Crippen LogP contribution in [0.25, 0.3) is 0 Å². The van der Waals surface area contributed by atoms with E-state index in [1.54, 1.807) is 31.2 Å². The first-order chi connectivity index (χ1) is 7.67. The number of rotatable bonds is 4. The molecule has 0 unspecified atom stereocenters. The number of terminal acetylenes is 1. The van der Waals surface area contributed by atoms with Crippen molar-refractivity contribution >= 4 is 5.97 Å². The molecule has 0 aliphatic heterocycles. The lowest BCUT2D eigenvalue weighted by molar-refractivity contribution is -0.143. The Kier molecular flexibility index (Phi) is 4.41. The molecule has 0 bridgehead atoms. The van der Waals surface area contributed by atoms with Crippen LogP contribution in [-0.2, 0) is 9.53 Å². The van der Waals surface area contributed by atoms with E-state index in [0.717, 1.165) is 5.56 Å². The maximum Gasteiger partial charge on any atom is 0.307 e. The van der Waals surface area contributed by atoms with E-state index in [1.165, 1.54) is 0 Å². The highest BCUT2D eigenvalue weighted by Gasteiger charge is 2.14. The summed E-state index contributed by atoms with van der Waals surface area (Å²) in [5, 5.41) is 9.13. The summed E-state index contributed by atoms with van der Waals surface area (Å²) in [6.07, 6.45) is 5.53. The molecule has 0 spiro atoms. The van der Waals surface area contributed by atoms with Gasteiger partial charge >= 0.3 is 5.97 Å². The quantitative estimate of drug-likeness (QED) is 0.621. The molecule has 3 nitrogen and oxygen atoms in total. The molecule has 0 fully saturated rings. The van der Waals surface area contributed by atoms with Crippen molar-refractivity contribution in [2.45, 2.75) is 19.3 Å². The molecule has 1 rings (SSSR count). The lowest BCUT2D eigenvalue weighted by Gasteiger charge is -2.10. The standard InChI is InChI=1S/C13H14O3/c1-3-10(9-13(15)16-4-2)11-5-7-12(14)8-6-11/h1,5-8,10,14H,4,9H2,2H3/t10-/m0/s1. The van der Waals surface area contributed by atoms with Crippen molar-refractivity contribution in [3.63, 3.8) is 0 Å². The average molecular weight is 218 g/mol. The highest BCUT2D eigenvalue weighted by atomic mass is 16.5. The van der Waals surface area contributed by atoms with Crippen molar-refractivity contribution in [3.8, 4) is 18.1 Å². The van der Waals surface area contributed by atoms with Gasteiger partial charge in [-0.15, -0.1) is 6.42 Å². The van der Waals surface area contributed by atoms with Gasteiger partial charge in [0.25, 0.3) is 0 Å². The minimum atomic E-state index is -0.307. The van der Waals surface area contributed by atoms with E-state index in [1.807, 2.05) is 0 Å². The molecule has 0 aromatic heterocycles. The average Bonchev–Trinajstić information content (AvgIpc) is 2.27. The molecule has 16 heavy (non-hydrogen) atoms. The van der Waals surface area contributed by atoms with Gasteiger partial charge in [0.15, 0.2) is 0 Å². The van der Waals surface area contributed by atoms with Gasteiger partial charge in [-0.05, 0) is 24.6 Å². The number of benzene rings is 1. The molecule has 0 saturated carbocycles. The summed E-state index contributed by atoms with van der Waals surface area (Å²) in [6.45, 7) is 2.11. The van der Waals surface area contributed by atoms with Crippen LogP contribution in [0, 0.1) is 12.3 Å². The molecule has 1 atom stereocenters. The summed E-state index contributed by atoms with van der Waals surface area (Å²) in [6, 6.07) is 6.51. The third-order valence-corrected chi connectivity index (χ3v) is 2.17. The second-order valence-corrected chi connectivity index (χ2v) is 3.32. The molecule has 0 heterocycles. The van der Waals surface area contributed by atoms with E-state index in [-0.39, 0.29) is 24.1 Å². The van der Waals surface area contributed by atoms with Crippen molar-refractivity contribution in [1.29, 1.82) is 0 Å². The van der Waals surface area contributed by atoms with Gasteiger partial charge in [-0.25, -0.2) is 0 Å². The zero-order valence-electron chi connectivity index (χ0n) is 9.14. The molecule has 3 heteroatoms. The first-order valence-electron chi connectivity index (χ1n) is 5.08. The van der Waals surface area contributed by atoms with Gasteiger partial charge in [-0.1, -0.05) is 18.1 Å². The molecule has 84 valence electrons. The van der Waals surface area contributed by atoms with Crippen LogP contribution in [0.3, 0.4) is 0 Å². The van der Waals surface area contributed by atoms with E-state index < -0.39 is 0 Å². The number of hydrogen-bond donors (Lipinski definition) is 1. The van der Waals surface area contributed by atoms with E-state index >= 15 is 0 Å².